The van der Waals surface area contributed by atoms with Gasteiger partial charge in [0.05, 0.1) is 18.0 Å². The van der Waals surface area contributed by atoms with Gasteiger partial charge in [-0.15, -0.1) is 0 Å². The number of aryl methyl sites for hydroxylation is 1. The fourth-order valence-electron chi connectivity index (χ4n) is 1.22. The number of hydrogen-bond donors (Lipinski definition) is 1. The van der Waals surface area contributed by atoms with Gasteiger partial charge in [0.1, 0.15) is 5.75 Å². The van der Waals surface area contributed by atoms with Crippen molar-refractivity contribution < 1.29 is 14.6 Å². The van der Waals surface area contributed by atoms with E-state index in [1.54, 1.807) is 7.11 Å². The Kier molecular flexibility index (Phi) is 3.52. The highest BCUT2D eigenvalue weighted by Gasteiger charge is 2.12. The van der Waals surface area contributed by atoms with Gasteiger partial charge >= 0.3 is 5.97 Å². The van der Waals surface area contributed by atoms with Crippen LogP contribution in [0.3, 0.4) is 0 Å². The highest BCUT2D eigenvalue weighted by molar-refractivity contribution is 9.10. The predicted molar refractivity (Wildman–Crippen MR) is 56.8 cm³/mol. The summed E-state index contributed by atoms with van der Waals surface area (Å²) in [5, 5.41) is 8.72. The Hall–Kier alpha value is -1.03. The molecule has 4 heteroatoms. The van der Waals surface area contributed by atoms with E-state index in [4.69, 9.17) is 9.84 Å². The number of ether oxygens (including phenoxy) is 1. The van der Waals surface area contributed by atoms with Crippen molar-refractivity contribution in [1.29, 1.82) is 0 Å². The number of hydrogen-bond acceptors (Lipinski definition) is 2. The van der Waals surface area contributed by atoms with Crippen molar-refractivity contribution in [2.75, 3.05) is 7.11 Å². The van der Waals surface area contributed by atoms with E-state index in [1.807, 2.05) is 19.1 Å². The lowest BCUT2D eigenvalue weighted by atomic mass is 10.1. The van der Waals surface area contributed by atoms with Gasteiger partial charge in [0, 0.05) is 0 Å². The van der Waals surface area contributed by atoms with Gasteiger partial charge in [-0.1, -0.05) is 6.07 Å². The average Bonchev–Trinajstić information content (AvgIpc) is 2.12. The van der Waals surface area contributed by atoms with Crippen molar-refractivity contribution in [2.24, 2.45) is 0 Å². The Labute approximate surface area is 90.8 Å². The molecule has 0 aliphatic rings. The molecule has 0 saturated carbocycles. The highest BCUT2D eigenvalue weighted by atomic mass is 79.9. The molecule has 0 atom stereocenters. The van der Waals surface area contributed by atoms with Gasteiger partial charge in [0.2, 0.25) is 0 Å². The topological polar surface area (TPSA) is 46.5 Å². The van der Waals surface area contributed by atoms with Crippen molar-refractivity contribution in [3.8, 4) is 5.75 Å². The van der Waals surface area contributed by atoms with Crippen LogP contribution in [0.4, 0.5) is 0 Å². The molecule has 3 nitrogen and oxygen atoms in total. The van der Waals surface area contributed by atoms with Crippen LogP contribution in [-0.4, -0.2) is 18.2 Å². The number of aliphatic carboxylic acids is 1. The summed E-state index contributed by atoms with van der Waals surface area (Å²) in [6.07, 6.45) is 0.00359. The lowest BCUT2D eigenvalue weighted by Crippen LogP contribution is -2.03. The second-order valence-electron chi connectivity index (χ2n) is 2.95. The monoisotopic (exact) mass is 258 g/mol. The van der Waals surface area contributed by atoms with Crippen LogP contribution < -0.4 is 4.74 Å². The van der Waals surface area contributed by atoms with Gasteiger partial charge in [0.15, 0.2) is 0 Å². The summed E-state index contributed by atoms with van der Waals surface area (Å²) in [7, 11) is 1.56. The quantitative estimate of drug-likeness (QED) is 0.906. The molecule has 76 valence electrons. The molecule has 1 N–H and O–H groups in total. The van der Waals surface area contributed by atoms with E-state index in [-0.39, 0.29) is 6.42 Å². The SMILES string of the molecule is COc1ccc(C)c(CC(=O)O)c1Br. The maximum Gasteiger partial charge on any atom is 0.307 e. The van der Waals surface area contributed by atoms with Gasteiger partial charge in [-0.25, -0.2) is 0 Å². The normalized spacial score (nSPS) is 9.93. The fourth-order valence-corrected chi connectivity index (χ4v) is 1.97. The summed E-state index contributed by atoms with van der Waals surface area (Å²) < 4.78 is 5.81. The maximum absolute atomic E-state index is 10.6. The number of halogens is 1. The van der Waals surface area contributed by atoms with Crippen LogP contribution >= 0.6 is 15.9 Å². The van der Waals surface area contributed by atoms with Crippen LogP contribution in [0.2, 0.25) is 0 Å². The van der Waals surface area contributed by atoms with Crippen LogP contribution in [0.1, 0.15) is 11.1 Å². The first-order valence-electron chi connectivity index (χ1n) is 4.10. The molecule has 0 aromatic heterocycles. The Bertz CT molecular complexity index is 361. The summed E-state index contributed by atoms with van der Waals surface area (Å²) in [4.78, 5) is 10.6. The zero-order chi connectivity index (χ0) is 10.7. The largest absolute Gasteiger partial charge is 0.496 e. The van der Waals surface area contributed by atoms with Crippen molar-refractivity contribution >= 4 is 21.9 Å². The Morgan fingerprint density at radius 3 is 2.71 bits per heavy atom. The summed E-state index contributed by atoms with van der Waals surface area (Å²) in [6.45, 7) is 1.88. The van der Waals surface area contributed by atoms with Crippen LogP contribution in [0.15, 0.2) is 16.6 Å². The minimum atomic E-state index is -0.845. The Morgan fingerprint density at radius 1 is 1.57 bits per heavy atom. The van der Waals surface area contributed by atoms with Gasteiger partial charge in [-0.05, 0) is 40.0 Å². The van der Waals surface area contributed by atoms with E-state index in [2.05, 4.69) is 15.9 Å². The molecule has 0 bridgehead atoms. The Morgan fingerprint density at radius 2 is 2.21 bits per heavy atom. The number of rotatable bonds is 3. The van der Waals surface area contributed by atoms with Crippen molar-refractivity contribution in [1.82, 2.24) is 0 Å². The second-order valence-corrected chi connectivity index (χ2v) is 3.74. The average molecular weight is 259 g/mol. The van der Waals surface area contributed by atoms with Gasteiger partial charge in [-0.3, -0.25) is 4.79 Å². The van der Waals surface area contributed by atoms with Crippen LogP contribution in [-0.2, 0) is 11.2 Å². The molecular weight excluding hydrogens is 248 g/mol. The van der Waals surface area contributed by atoms with Crippen molar-refractivity contribution in [3.63, 3.8) is 0 Å². The molecule has 0 amide bonds. The smallest absolute Gasteiger partial charge is 0.307 e. The number of benzene rings is 1. The Balaban J connectivity index is 3.18. The van der Waals surface area contributed by atoms with Gasteiger partial charge in [0.25, 0.3) is 0 Å². The summed E-state index contributed by atoms with van der Waals surface area (Å²) in [5.41, 5.74) is 1.71. The van der Waals surface area contributed by atoms with E-state index < -0.39 is 5.97 Å². The minimum absolute atomic E-state index is 0.00359. The molecule has 0 unspecified atom stereocenters. The molecule has 14 heavy (non-hydrogen) atoms. The van der Waals surface area contributed by atoms with E-state index in [0.717, 1.165) is 15.6 Å². The number of carboxylic acids is 1. The molecule has 1 aromatic rings. The number of carboxylic acid groups (broad SMARTS) is 1. The molecule has 0 fully saturated rings. The summed E-state index contributed by atoms with van der Waals surface area (Å²) in [6, 6.07) is 3.66. The third-order valence-electron chi connectivity index (χ3n) is 1.99. The molecule has 0 heterocycles. The molecule has 0 saturated heterocycles. The molecule has 0 aliphatic heterocycles. The molecule has 0 aliphatic carbocycles. The summed E-state index contributed by atoms with van der Waals surface area (Å²) >= 11 is 3.33. The van der Waals surface area contributed by atoms with E-state index in [1.165, 1.54) is 0 Å². The van der Waals surface area contributed by atoms with Gasteiger partial charge in [-0.2, -0.15) is 0 Å². The van der Waals surface area contributed by atoms with E-state index in [9.17, 15) is 4.79 Å². The van der Waals surface area contributed by atoms with Crippen LogP contribution in [0, 0.1) is 6.92 Å². The lowest BCUT2D eigenvalue weighted by Gasteiger charge is -2.10. The second kappa shape index (κ2) is 4.46. The maximum atomic E-state index is 10.6. The molecular formula is C10H11BrO3. The zero-order valence-electron chi connectivity index (χ0n) is 8.00. The molecule has 1 rings (SSSR count). The third kappa shape index (κ3) is 2.26. The van der Waals surface area contributed by atoms with Crippen molar-refractivity contribution in [2.45, 2.75) is 13.3 Å². The lowest BCUT2D eigenvalue weighted by molar-refractivity contribution is -0.136. The summed E-state index contributed by atoms with van der Waals surface area (Å²) in [5.74, 6) is -0.186. The van der Waals surface area contributed by atoms with Crippen molar-refractivity contribution in [3.05, 3.63) is 27.7 Å². The first kappa shape index (κ1) is 11.0. The van der Waals surface area contributed by atoms with Crippen LogP contribution in [0.5, 0.6) is 5.75 Å². The van der Waals surface area contributed by atoms with Crippen LogP contribution in [0.25, 0.3) is 0 Å². The first-order chi connectivity index (χ1) is 6.56. The highest BCUT2D eigenvalue weighted by Crippen LogP contribution is 2.31. The van der Waals surface area contributed by atoms with E-state index in [0.29, 0.717) is 5.75 Å². The molecule has 0 spiro atoms. The third-order valence-corrected chi connectivity index (χ3v) is 2.86. The number of methoxy groups -OCH3 is 1. The number of carbonyl (C=O) groups is 1. The molecule has 1 aromatic carbocycles. The fraction of sp³-hybridized carbons (Fsp3) is 0.300. The standard InChI is InChI=1S/C10H11BrO3/c1-6-3-4-8(14-2)10(11)7(6)5-9(12)13/h3-4H,5H2,1-2H3,(H,12,13). The zero-order valence-corrected chi connectivity index (χ0v) is 9.59. The van der Waals surface area contributed by atoms with Gasteiger partial charge < -0.3 is 9.84 Å². The van der Waals surface area contributed by atoms with E-state index >= 15 is 0 Å². The first-order valence-corrected chi connectivity index (χ1v) is 4.89. The molecule has 0 radical (unpaired) electrons. The minimum Gasteiger partial charge on any atom is -0.496 e. The predicted octanol–water partition coefficient (Wildman–Crippen LogP) is 2.39.